The molecule has 0 spiro atoms. The summed E-state index contributed by atoms with van der Waals surface area (Å²) in [6.07, 6.45) is 1.72. The minimum atomic E-state index is 0.0603. The van der Waals surface area contributed by atoms with Crippen LogP contribution in [0.2, 0.25) is 5.02 Å². The van der Waals surface area contributed by atoms with E-state index < -0.39 is 0 Å². The molecule has 3 aromatic carbocycles. The number of phenolic OH excluding ortho intramolecular Hbond substituents is 1. The molecule has 0 saturated heterocycles. The van der Waals surface area contributed by atoms with Crippen molar-refractivity contribution in [2.24, 2.45) is 0 Å². The second kappa shape index (κ2) is 10.1. The molecule has 3 aromatic rings. The number of nitrogens with one attached hydrogen (secondary N) is 1. The van der Waals surface area contributed by atoms with E-state index in [0.717, 1.165) is 22.4 Å². The summed E-state index contributed by atoms with van der Waals surface area (Å²) in [7, 11) is 1.79. The highest BCUT2D eigenvalue weighted by Gasteiger charge is 2.14. The van der Waals surface area contributed by atoms with Crippen molar-refractivity contribution < 1.29 is 14.6 Å². The minimum absolute atomic E-state index is 0.0603. The second-order valence-corrected chi connectivity index (χ2v) is 7.68. The Bertz CT molecular complexity index is 1100. The number of hydrogen-bond acceptors (Lipinski definition) is 4. The van der Waals surface area contributed by atoms with Gasteiger partial charge in [-0.3, -0.25) is 0 Å². The minimum Gasteiger partial charge on any atom is -0.507 e. The van der Waals surface area contributed by atoms with Gasteiger partial charge in [-0.05, 0) is 60.9 Å². The zero-order chi connectivity index (χ0) is 22.4. The lowest BCUT2D eigenvalue weighted by Crippen LogP contribution is -2.05. The normalized spacial score (nSPS) is 11.2. The first-order valence-corrected chi connectivity index (χ1v) is 10.3. The van der Waals surface area contributed by atoms with Crippen LogP contribution in [0.3, 0.4) is 0 Å². The van der Waals surface area contributed by atoms with Gasteiger partial charge in [-0.25, -0.2) is 0 Å². The van der Waals surface area contributed by atoms with Crippen LogP contribution < -0.4 is 14.8 Å². The fourth-order valence-corrected chi connectivity index (χ4v) is 3.11. The number of phenols is 1. The smallest absolute Gasteiger partial charge is 0.150 e. The molecule has 0 aromatic heterocycles. The molecule has 0 saturated carbocycles. The molecule has 5 heteroatoms. The molecule has 0 aliphatic heterocycles. The van der Waals surface area contributed by atoms with Gasteiger partial charge in [0, 0.05) is 35.5 Å². The van der Waals surface area contributed by atoms with Crippen molar-refractivity contribution in [2.75, 3.05) is 7.05 Å². The first-order chi connectivity index (χ1) is 14.9. The average Bonchev–Trinajstić information content (AvgIpc) is 2.75. The molecule has 0 bridgehead atoms. The predicted molar refractivity (Wildman–Crippen MR) is 127 cm³/mol. The topological polar surface area (TPSA) is 50.7 Å². The maximum atomic E-state index is 10.6. The van der Waals surface area contributed by atoms with Crippen molar-refractivity contribution in [2.45, 2.75) is 20.5 Å². The number of benzene rings is 3. The Balaban J connectivity index is 1.76. The third-order valence-corrected chi connectivity index (χ3v) is 5.00. The van der Waals surface area contributed by atoms with Crippen LogP contribution in [0.1, 0.15) is 22.3 Å². The number of ether oxygens (including phenoxy) is 2. The van der Waals surface area contributed by atoms with Crippen LogP contribution in [-0.2, 0) is 6.61 Å². The highest BCUT2D eigenvalue weighted by Crippen LogP contribution is 2.34. The first kappa shape index (κ1) is 22.3. The molecule has 31 heavy (non-hydrogen) atoms. The lowest BCUT2D eigenvalue weighted by atomic mass is 10.0. The van der Waals surface area contributed by atoms with Crippen molar-refractivity contribution in [3.63, 3.8) is 0 Å². The highest BCUT2D eigenvalue weighted by atomic mass is 35.5. The van der Waals surface area contributed by atoms with Crippen LogP contribution in [0.5, 0.6) is 17.2 Å². The molecule has 2 N–H and O–H groups in total. The van der Waals surface area contributed by atoms with Gasteiger partial charge in [0.2, 0.25) is 0 Å². The van der Waals surface area contributed by atoms with E-state index in [-0.39, 0.29) is 5.75 Å². The SMILES string of the molecule is C=C(/C(=C\NC)Oc1cc(C)ccc1C)c1ccc(OCc2ccc(Cl)cc2)cc1O. The number of allylic oxidation sites excluding steroid dienone is 1. The third kappa shape index (κ3) is 5.83. The molecule has 0 unspecified atom stereocenters. The monoisotopic (exact) mass is 435 g/mol. The predicted octanol–water partition coefficient (Wildman–Crippen LogP) is 6.39. The molecule has 4 nitrogen and oxygen atoms in total. The zero-order valence-corrected chi connectivity index (χ0v) is 18.7. The van der Waals surface area contributed by atoms with E-state index in [2.05, 4.69) is 11.9 Å². The van der Waals surface area contributed by atoms with Gasteiger partial charge in [-0.15, -0.1) is 0 Å². The number of hydrogen-bond donors (Lipinski definition) is 2. The summed E-state index contributed by atoms with van der Waals surface area (Å²) in [5.74, 6) is 1.87. The summed E-state index contributed by atoms with van der Waals surface area (Å²) in [6.45, 7) is 8.51. The van der Waals surface area contributed by atoms with E-state index in [4.69, 9.17) is 21.1 Å². The maximum Gasteiger partial charge on any atom is 0.150 e. The van der Waals surface area contributed by atoms with Crippen LogP contribution >= 0.6 is 11.6 Å². The summed E-state index contributed by atoms with van der Waals surface area (Å²) in [5.41, 5.74) is 4.21. The standard InChI is InChI=1S/C26H26ClNO3/c1-17-5-6-18(2)25(13-17)31-26(15-28-4)19(3)23-12-11-22(14-24(23)29)30-16-20-7-9-21(27)10-8-20/h5-15,28-29H,3,16H2,1-2,4H3/b26-15+. The third-order valence-electron chi connectivity index (χ3n) is 4.75. The number of halogens is 1. The van der Waals surface area contributed by atoms with Gasteiger partial charge in [0.25, 0.3) is 0 Å². The summed E-state index contributed by atoms with van der Waals surface area (Å²) in [5, 5.41) is 14.3. The summed E-state index contributed by atoms with van der Waals surface area (Å²) < 4.78 is 11.9. The van der Waals surface area contributed by atoms with Gasteiger partial charge in [-0.2, -0.15) is 0 Å². The molecule has 0 amide bonds. The van der Waals surface area contributed by atoms with Crippen molar-refractivity contribution in [1.29, 1.82) is 0 Å². The van der Waals surface area contributed by atoms with Gasteiger partial charge in [0.1, 0.15) is 29.6 Å². The van der Waals surface area contributed by atoms with Crippen LogP contribution in [0, 0.1) is 13.8 Å². The molecule has 160 valence electrons. The fraction of sp³-hybridized carbons (Fsp3) is 0.154. The number of aryl methyl sites for hydroxylation is 2. The van der Waals surface area contributed by atoms with E-state index in [0.29, 0.717) is 34.3 Å². The first-order valence-electron chi connectivity index (χ1n) is 9.90. The van der Waals surface area contributed by atoms with E-state index in [1.54, 1.807) is 31.4 Å². The molecule has 0 fully saturated rings. The molecule has 0 atom stereocenters. The summed E-state index contributed by atoms with van der Waals surface area (Å²) >= 11 is 5.91. The molecule has 0 aliphatic carbocycles. The Kier molecular flexibility index (Phi) is 7.27. The average molecular weight is 436 g/mol. The van der Waals surface area contributed by atoms with Crippen LogP contribution in [0.15, 0.2) is 79.2 Å². The Labute approximate surface area is 188 Å². The Morgan fingerprint density at radius 2 is 1.81 bits per heavy atom. The number of aromatic hydroxyl groups is 1. The van der Waals surface area contributed by atoms with Gasteiger partial charge in [0.15, 0.2) is 0 Å². The molecule has 0 radical (unpaired) electrons. The fourth-order valence-electron chi connectivity index (χ4n) is 2.98. The second-order valence-electron chi connectivity index (χ2n) is 7.24. The van der Waals surface area contributed by atoms with Crippen LogP contribution in [0.25, 0.3) is 5.57 Å². The lowest BCUT2D eigenvalue weighted by molar-refractivity contribution is 0.304. The molecular formula is C26H26ClNO3. The van der Waals surface area contributed by atoms with Crippen molar-refractivity contribution in [3.05, 3.63) is 106 Å². The molecular weight excluding hydrogens is 410 g/mol. The quantitative estimate of drug-likeness (QED) is 0.317. The maximum absolute atomic E-state index is 10.6. The van der Waals surface area contributed by atoms with Gasteiger partial charge in [-0.1, -0.05) is 42.4 Å². The molecule has 3 rings (SSSR count). The van der Waals surface area contributed by atoms with Crippen molar-refractivity contribution in [1.82, 2.24) is 5.32 Å². The van der Waals surface area contributed by atoms with Crippen molar-refractivity contribution >= 4 is 17.2 Å². The largest absolute Gasteiger partial charge is 0.507 e. The summed E-state index contributed by atoms with van der Waals surface area (Å²) in [6, 6.07) is 18.6. The van der Waals surface area contributed by atoms with Gasteiger partial charge < -0.3 is 19.9 Å². The summed E-state index contributed by atoms with van der Waals surface area (Å²) in [4.78, 5) is 0. The van der Waals surface area contributed by atoms with E-state index in [1.807, 2.05) is 56.3 Å². The Hall–Kier alpha value is -3.37. The molecule has 0 heterocycles. The Morgan fingerprint density at radius 3 is 2.48 bits per heavy atom. The lowest BCUT2D eigenvalue weighted by Gasteiger charge is -2.16. The van der Waals surface area contributed by atoms with Gasteiger partial charge >= 0.3 is 0 Å². The zero-order valence-electron chi connectivity index (χ0n) is 17.9. The van der Waals surface area contributed by atoms with Crippen LogP contribution in [-0.4, -0.2) is 12.2 Å². The number of rotatable bonds is 8. The molecule has 0 aliphatic rings. The van der Waals surface area contributed by atoms with Crippen LogP contribution in [0.4, 0.5) is 0 Å². The highest BCUT2D eigenvalue weighted by molar-refractivity contribution is 6.30. The van der Waals surface area contributed by atoms with E-state index in [9.17, 15) is 5.11 Å². The van der Waals surface area contributed by atoms with Crippen molar-refractivity contribution in [3.8, 4) is 17.2 Å². The Morgan fingerprint density at radius 1 is 1.06 bits per heavy atom. The van der Waals surface area contributed by atoms with E-state index in [1.165, 1.54) is 0 Å². The van der Waals surface area contributed by atoms with Gasteiger partial charge in [0.05, 0.1) is 0 Å². The van der Waals surface area contributed by atoms with E-state index >= 15 is 0 Å².